The Hall–Kier alpha value is -1.43. The van der Waals surface area contributed by atoms with Gasteiger partial charge >= 0.3 is 6.61 Å². The molecule has 11 heteroatoms. The lowest BCUT2D eigenvalue weighted by Gasteiger charge is -2.36. The summed E-state index contributed by atoms with van der Waals surface area (Å²) >= 11 is 0. The molecule has 2 aliphatic rings. The fraction of sp³-hybridized carbons (Fsp3) is 0.647. The van der Waals surface area contributed by atoms with Gasteiger partial charge in [-0.2, -0.15) is 13.1 Å². The van der Waals surface area contributed by atoms with Gasteiger partial charge in [0.05, 0.1) is 0 Å². The van der Waals surface area contributed by atoms with Gasteiger partial charge in [-0.3, -0.25) is 0 Å². The van der Waals surface area contributed by atoms with Crippen molar-refractivity contribution in [3.63, 3.8) is 0 Å². The summed E-state index contributed by atoms with van der Waals surface area (Å²) in [7, 11) is -4.43. The molecule has 0 saturated carbocycles. The lowest BCUT2D eigenvalue weighted by Crippen LogP contribution is -2.50. The Kier molecular flexibility index (Phi) is 6.79. The Morgan fingerprint density at radius 1 is 1.07 bits per heavy atom. The first-order valence-electron chi connectivity index (χ1n) is 9.01. The van der Waals surface area contributed by atoms with Gasteiger partial charge in [0.1, 0.15) is 17.4 Å². The zero-order valence-corrected chi connectivity index (χ0v) is 15.9. The zero-order valence-electron chi connectivity index (χ0n) is 15.1. The van der Waals surface area contributed by atoms with Gasteiger partial charge in [0.2, 0.25) is 10.0 Å². The lowest BCUT2D eigenvalue weighted by atomic mass is 9.99. The van der Waals surface area contributed by atoms with E-state index < -0.39 is 38.9 Å². The highest BCUT2D eigenvalue weighted by molar-refractivity contribution is 7.89. The molecule has 28 heavy (non-hydrogen) atoms. The Labute approximate surface area is 161 Å². The number of benzene rings is 1. The summed E-state index contributed by atoms with van der Waals surface area (Å²) in [6.07, 6.45) is 1.92. The van der Waals surface area contributed by atoms with Gasteiger partial charge in [-0.25, -0.2) is 17.2 Å². The van der Waals surface area contributed by atoms with Crippen molar-refractivity contribution in [2.75, 3.05) is 45.9 Å². The molecule has 0 unspecified atom stereocenters. The minimum atomic E-state index is -4.43. The van der Waals surface area contributed by atoms with Crippen molar-refractivity contribution in [1.82, 2.24) is 9.21 Å². The first kappa shape index (κ1) is 21.3. The third-order valence-electron chi connectivity index (χ3n) is 4.98. The zero-order chi connectivity index (χ0) is 20.3. The van der Waals surface area contributed by atoms with E-state index in [4.69, 9.17) is 4.74 Å². The number of piperazine rings is 1. The van der Waals surface area contributed by atoms with Gasteiger partial charge in [-0.1, -0.05) is 0 Å². The van der Waals surface area contributed by atoms with Crippen molar-refractivity contribution in [2.24, 2.45) is 5.92 Å². The van der Waals surface area contributed by atoms with Crippen molar-refractivity contribution in [3.8, 4) is 5.75 Å². The van der Waals surface area contributed by atoms with Gasteiger partial charge in [0.25, 0.3) is 0 Å². The summed E-state index contributed by atoms with van der Waals surface area (Å²) in [5.41, 5.74) is 0. The van der Waals surface area contributed by atoms with Crippen LogP contribution in [-0.4, -0.2) is 70.2 Å². The fourth-order valence-corrected chi connectivity index (χ4v) is 5.04. The van der Waals surface area contributed by atoms with Crippen LogP contribution in [0.25, 0.3) is 0 Å². The van der Waals surface area contributed by atoms with Crippen LogP contribution in [0, 0.1) is 17.6 Å². The van der Waals surface area contributed by atoms with Gasteiger partial charge in [-0.05, 0) is 18.8 Å². The third-order valence-corrected chi connectivity index (χ3v) is 6.93. The van der Waals surface area contributed by atoms with E-state index in [1.807, 2.05) is 0 Å². The molecule has 0 N–H and O–H groups in total. The molecule has 2 fully saturated rings. The minimum absolute atomic E-state index is 0.0969. The SMILES string of the molecule is O=S(=O)(c1c(F)cc(OC(F)F)cc1F)N1CCN(CC2CCOCC2)CC1. The van der Waals surface area contributed by atoms with E-state index in [1.165, 1.54) is 0 Å². The monoisotopic (exact) mass is 426 g/mol. The van der Waals surface area contributed by atoms with E-state index in [0.29, 0.717) is 31.1 Å². The largest absolute Gasteiger partial charge is 0.435 e. The Morgan fingerprint density at radius 2 is 1.64 bits per heavy atom. The van der Waals surface area contributed by atoms with Crippen molar-refractivity contribution in [2.45, 2.75) is 24.3 Å². The van der Waals surface area contributed by atoms with E-state index in [1.54, 1.807) is 0 Å². The maximum Gasteiger partial charge on any atom is 0.387 e. The maximum atomic E-state index is 14.2. The molecule has 2 aliphatic heterocycles. The van der Waals surface area contributed by atoms with Crippen LogP contribution >= 0.6 is 0 Å². The van der Waals surface area contributed by atoms with Gasteiger partial charge in [0, 0.05) is 58.1 Å². The molecule has 0 bridgehead atoms. The van der Waals surface area contributed by atoms with Crippen LogP contribution < -0.4 is 4.74 Å². The highest BCUT2D eigenvalue weighted by atomic mass is 32.2. The van der Waals surface area contributed by atoms with E-state index in [2.05, 4.69) is 9.64 Å². The molecule has 0 spiro atoms. The summed E-state index contributed by atoms with van der Waals surface area (Å²) in [5, 5.41) is 0. The van der Waals surface area contributed by atoms with Crippen LogP contribution in [0.1, 0.15) is 12.8 Å². The van der Waals surface area contributed by atoms with E-state index in [-0.39, 0.29) is 13.1 Å². The molecule has 2 heterocycles. The molecule has 2 saturated heterocycles. The molecule has 1 aromatic rings. The predicted octanol–water partition coefficient (Wildman–Crippen LogP) is 2.30. The highest BCUT2D eigenvalue weighted by Crippen LogP contribution is 2.28. The first-order valence-corrected chi connectivity index (χ1v) is 10.5. The van der Waals surface area contributed by atoms with Crippen molar-refractivity contribution < 1.29 is 35.5 Å². The van der Waals surface area contributed by atoms with Crippen molar-refractivity contribution >= 4 is 10.0 Å². The number of hydrogen-bond acceptors (Lipinski definition) is 5. The van der Waals surface area contributed by atoms with Gasteiger partial charge < -0.3 is 14.4 Å². The maximum absolute atomic E-state index is 14.2. The van der Waals surface area contributed by atoms with E-state index in [9.17, 15) is 26.0 Å². The van der Waals surface area contributed by atoms with Crippen LogP contribution in [0.2, 0.25) is 0 Å². The van der Waals surface area contributed by atoms with E-state index >= 15 is 0 Å². The number of halogens is 4. The standard InChI is InChI=1S/C17H22F4N2O4S/c18-14-9-13(27-17(20)21)10-15(19)16(14)28(24,25)23-5-3-22(4-6-23)11-12-1-7-26-8-2-12/h9-10,12,17H,1-8,11H2. The topological polar surface area (TPSA) is 59.1 Å². The molecule has 158 valence electrons. The van der Waals surface area contributed by atoms with Gasteiger partial charge in [0.15, 0.2) is 4.90 Å². The molecule has 0 aliphatic carbocycles. The number of nitrogens with zero attached hydrogens (tertiary/aromatic N) is 2. The smallest absolute Gasteiger partial charge is 0.387 e. The second-order valence-electron chi connectivity index (χ2n) is 6.85. The van der Waals surface area contributed by atoms with Crippen LogP contribution in [-0.2, 0) is 14.8 Å². The molecule has 3 rings (SSSR count). The van der Waals surface area contributed by atoms with Crippen LogP contribution in [0.15, 0.2) is 17.0 Å². The number of sulfonamides is 1. The Morgan fingerprint density at radius 3 is 2.18 bits per heavy atom. The number of hydrogen-bond donors (Lipinski definition) is 0. The highest BCUT2D eigenvalue weighted by Gasteiger charge is 2.34. The average molecular weight is 426 g/mol. The molecule has 6 nitrogen and oxygen atoms in total. The number of ether oxygens (including phenoxy) is 2. The first-order chi connectivity index (χ1) is 13.3. The second kappa shape index (κ2) is 8.93. The fourth-order valence-electron chi connectivity index (χ4n) is 3.53. The molecule has 1 aromatic carbocycles. The number of rotatable bonds is 6. The normalized spacial score (nSPS) is 20.6. The second-order valence-corrected chi connectivity index (χ2v) is 8.73. The molecule has 0 radical (unpaired) electrons. The van der Waals surface area contributed by atoms with E-state index in [0.717, 1.165) is 36.9 Å². The molecule has 0 amide bonds. The minimum Gasteiger partial charge on any atom is -0.435 e. The van der Waals surface area contributed by atoms with Crippen molar-refractivity contribution in [3.05, 3.63) is 23.8 Å². The Bertz CT molecular complexity index is 756. The third kappa shape index (κ3) is 4.94. The summed E-state index contributed by atoms with van der Waals surface area (Å²) < 4.78 is 88.5. The quantitative estimate of drug-likeness (QED) is 0.654. The lowest BCUT2D eigenvalue weighted by molar-refractivity contribution is -0.0502. The summed E-state index contributed by atoms with van der Waals surface area (Å²) in [6, 6.07) is 0.896. The van der Waals surface area contributed by atoms with Crippen LogP contribution in [0.5, 0.6) is 5.75 Å². The van der Waals surface area contributed by atoms with Crippen LogP contribution in [0.4, 0.5) is 17.6 Å². The number of alkyl halides is 2. The average Bonchev–Trinajstić information content (AvgIpc) is 2.61. The summed E-state index contributed by atoms with van der Waals surface area (Å²) in [4.78, 5) is 0.987. The molecular formula is C17H22F4N2O4S. The van der Waals surface area contributed by atoms with Crippen molar-refractivity contribution in [1.29, 1.82) is 0 Å². The summed E-state index contributed by atoms with van der Waals surface area (Å²) in [5.74, 6) is -3.19. The molecule has 0 aromatic heterocycles. The van der Waals surface area contributed by atoms with Gasteiger partial charge in [-0.15, -0.1) is 0 Å². The molecule has 0 atom stereocenters. The van der Waals surface area contributed by atoms with Crippen LogP contribution in [0.3, 0.4) is 0 Å². The Balaban J connectivity index is 1.67. The summed E-state index contributed by atoms with van der Waals surface area (Å²) in [6.45, 7) is 0.105. The molecular weight excluding hydrogens is 404 g/mol. The predicted molar refractivity (Wildman–Crippen MR) is 91.7 cm³/mol.